The molecule has 4 aromatic rings. The highest BCUT2D eigenvalue weighted by molar-refractivity contribution is 5.91. The molecule has 1 aliphatic rings. The van der Waals surface area contributed by atoms with Crippen LogP contribution in [0.5, 0.6) is 0 Å². The highest BCUT2D eigenvalue weighted by atomic mass is 15.4. The van der Waals surface area contributed by atoms with Gasteiger partial charge >= 0.3 is 0 Å². The summed E-state index contributed by atoms with van der Waals surface area (Å²) in [5.74, 6) is 0.653. The van der Waals surface area contributed by atoms with E-state index in [1.807, 2.05) is 20.2 Å². The van der Waals surface area contributed by atoms with Gasteiger partial charge in [0.1, 0.15) is 0 Å². The fourth-order valence-corrected chi connectivity index (χ4v) is 6.09. The van der Waals surface area contributed by atoms with Crippen LogP contribution in [0, 0.1) is 5.92 Å². The van der Waals surface area contributed by atoms with Crippen molar-refractivity contribution in [3.63, 3.8) is 0 Å². The van der Waals surface area contributed by atoms with Crippen molar-refractivity contribution in [2.45, 2.75) is 45.3 Å². The van der Waals surface area contributed by atoms with Crippen molar-refractivity contribution < 1.29 is 0 Å². The van der Waals surface area contributed by atoms with Crippen LogP contribution in [0.15, 0.2) is 90.1 Å². The van der Waals surface area contributed by atoms with Crippen molar-refractivity contribution in [3.8, 4) is 22.3 Å². The van der Waals surface area contributed by atoms with Crippen LogP contribution in [0.4, 0.5) is 17.1 Å². The molecule has 41 heavy (non-hydrogen) atoms. The van der Waals surface area contributed by atoms with Crippen LogP contribution in [-0.4, -0.2) is 38.4 Å². The molecule has 3 N–H and O–H groups in total. The maximum atomic E-state index is 4.23. The molecule has 2 atom stereocenters. The summed E-state index contributed by atoms with van der Waals surface area (Å²) in [6.45, 7) is 13.2. The van der Waals surface area contributed by atoms with Gasteiger partial charge in [-0.3, -0.25) is 9.89 Å². The number of benzene rings is 4. The molecule has 1 fully saturated rings. The number of nitrogens with one attached hydrogen (secondary N) is 3. The van der Waals surface area contributed by atoms with E-state index in [1.165, 1.54) is 51.6 Å². The molecule has 0 heterocycles. The van der Waals surface area contributed by atoms with Crippen LogP contribution in [-0.2, 0) is 6.54 Å². The van der Waals surface area contributed by atoms with Crippen LogP contribution in [0.3, 0.4) is 0 Å². The number of nitrogens with zero attached hydrogens (tertiary/aromatic N) is 2. The van der Waals surface area contributed by atoms with Gasteiger partial charge < -0.3 is 16.0 Å². The topological polar surface area (TPSA) is 51.7 Å². The summed E-state index contributed by atoms with van der Waals surface area (Å²) in [6.07, 6.45) is 3.29. The van der Waals surface area contributed by atoms with Crippen LogP contribution in [0.1, 0.15) is 38.7 Å². The van der Waals surface area contributed by atoms with E-state index in [9.17, 15) is 0 Å². The number of anilines is 2. The second kappa shape index (κ2) is 11.8. The Bertz CT molecular complexity index is 1590. The van der Waals surface area contributed by atoms with Crippen LogP contribution in [0.2, 0.25) is 0 Å². The Hall–Kier alpha value is -4.09. The van der Waals surface area contributed by atoms with Gasteiger partial charge in [0.05, 0.1) is 17.0 Å². The standard InChI is InChI=1S/C36H43N5/c1-8-24(3)40-36(22-32(36)9-2)41(7)23-31-15-14-29(20-34(31)38-5)27-12-10-26-19-28(13-11-25(26)18-27)30-16-17-33(37-4)35(21-30)39-6/h10-21,32,38-40H,3-4,8-9,22-23H2,1-2,5-7H3/t32-,36?/m0/s1. The maximum absolute atomic E-state index is 4.23. The summed E-state index contributed by atoms with van der Waals surface area (Å²) in [7, 11) is 6.16. The average Bonchev–Trinajstić information content (AvgIpc) is 3.74. The van der Waals surface area contributed by atoms with E-state index < -0.39 is 0 Å². The summed E-state index contributed by atoms with van der Waals surface area (Å²) in [6, 6.07) is 26.4. The lowest BCUT2D eigenvalue weighted by atomic mass is 9.96. The SMILES string of the molecule is C=Nc1ccc(-c2ccc3cc(-c4ccc(CN(C)C5(NC(=C)CC)C[C@@H]5CC)c(NC)c4)ccc3c2)cc1NC. The zero-order valence-electron chi connectivity index (χ0n) is 25.1. The third-order valence-electron chi connectivity index (χ3n) is 8.80. The first-order valence-corrected chi connectivity index (χ1v) is 14.7. The molecule has 5 rings (SSSR count). The number of allylic oxidation sites excluding steroid dienone is 1. The molecular weight excluding hydrogens is 502 g/mol. The Morgan fingerprint density at radius 2 is 1.41 bits per heavy atom. The zero-order valence-corrected chi connectivity index (χ0v) is 25.1. The minimum atomic E-state index is 0.0158. The third-order valence-corrected chi connectivity index (χ3v) is 8.80. The molecule has 0 spiro atoms. The van der Waals surface area contributed by atoms with E-state index in [2.05, 4.69) is 127 Å². The van der Waals surface area contributed by atoms with Crippen LogP contribution in [0.25, 0.3) is 33.0 Å². The van der Waals surface area contributed by atoms with E-state index in [0.29, 0.717) is 5.92 Å². The van der Waals surface area contributed by atoms with Gasteiger partial charge in [-0.15, -0.1) is 0 Å². The van der Waals surface area contributed by atoms with E-state index in [1.54, 1.807) is 0 Å². The van der Waals surface area contributed by atoms with Crippen molar-refractivity contribution in [2.75, 3.05) is 31.8 Å². The predicted octanol–water partition coefficient (Wildman–Crippen LogP) is 8.66. The van der Waals surface area contributed by atoms with Gasteiger partial charge in [0, 0.05) is 32.0 Å². The van der Waals surface area contributed by atoms with Gasteiger partial charge in [-0.1, -0.05) is 62.9 Å². The van der Waals surface area contributed by atoms with Crippen molar-refractivity contribution in [3.05, 3.63) is 90.6 Å². The van der Waals surface area contributed by atoms with Gasteiger partial charge in [-0.25, -0.2) is 0 Å². The molecule has 0 amide bonds. The molecule has 212 valence electrons. The van der Waals surface area contributed by atoms with Crippen molar-refractivity contribution in [1.29, 1.82) is 0 Å². The molecule has 5 nitrogen and oxygen atoms in total. The number of rotatable bonds is 12. The van der Waals surface area contributed by atoms with Gasteiger partial charge in [0.25, 0.3) is 0 Å². The van der Waals surface area contributed by atoms with Crippen LogP contribution >= 0.6 is 0 Å². The molecule has 0 bridgehead atoms. The largest absolute Gasteiger partial charge is 0.388 e. The van der Waals surface area contributed by atoms with Gasteiger partial charge in [0.15, 0.2) is 0 Å². The fourth-order valence-electron chi connectivity index (χ4n) is 6.09. The molecule has 0 radical (unpaired) electrons. The number of fused-ring (bicyclic) bond motifs is 1. The number of aliphatic imine (C=N–C) groups is 1. The Morgan fingerprint density at radius 1 is 0.854 bits per heavy atom. The smallest absolute Gasteiger partial charge is 0.0938 e. The first-order chi connectivity index (χ1) is 19.8. The molecule has 4 aromatic carbocycles. The van der Waals surface area contributed by atoms with Gasteiger partial charge in [-0.2, -0.15) is 0 Å². The molecule has 1 unspecified atom stereocenters. The average molecular weight is 546 g/mol. The first-order valence-electron chi connectivity index (χ1n) is 14.7. The lowest BCUT2D eigenvalue weighted by Gasteiger charge is -2.32. The van der Waals surface area contributed by atoms with Crippen molar-refractivity contribution in [2.24, 2.45) is 10.9 Å². The number of hydrogen-bond donors (Lipinski definition) is 3. The van der Waals surface area contributed by atoms with E-state index in [0.717, 1.165) is 35.6 Å². The third kappa shape index (κ3) is 5.59. The molecule has 1 saturated carbocycles. The molecule has 0 aliphatic heterocycles. The normalized spacial score (nSPS) is 17.9. The molecule has 0 aromatic heterocycles. The molecular formula is C36H43N5. The van der Waals surface area contributed by atoms with Gasteiger partial charge in [0.2, 0.25) is 0 Å². The number of hydrogen-bond acceptors (Lipinski definition) is 5. The highest BCUT2D eigenvalue weighted by Gasteiger charge is 2.56. The van der Waals surface area contributed by atoms with Crippen molar-refractivity contribution >= 4 is 34.6 Å². The second-order valence-electron chi connectivity index (χ2n) is 11.2. The van der Waals surface area contributed by atoms with E-state index in [4.69, 9.17) is 0 Å². The Balaban J connectivity index is 1.38. The maximum Gasteiger partial charge on any atom is 0.0938 e. The highest BCUT2D eigenvalue weighted by Crippen LogP contribution is 2.49. The minimum absolute atomic E-state index is 0.0158. The van der Waals surface area contributed by atoms with Gasteiger partial charge in [-0.05, 0) is 108 Å². The summed E-state index contributed by atoms with van der Waals surface area (Å²) < 4.78 is 0. The summed E-state index contributed by atoms with van der Waals surface area (Å²) in [5, 5.41) is 12.9. The monoisotopic (exact) mass is 545 g/mol. The molecule has 0 saturated heterocycles. The lowest BCUT2D eigenvalue weighted by molar-refractivity contribution is 0.166. The van der Waals surface area contributed by atoms with Crippen molar-refractivity contribution in [1.82, 2.24) is 10.2 Å². The summed E-state index contributed by atoms with van der Waals surface area (Å²) in [4.78, 5) is 6.58. The Morgan fingerprint density at radius 3 is 1.95 bits per heavy atom. The quantitative estimate of drug-likeness (QED) is 0.123. The minimum Gasteiger partial charge on any atom is -0.388 e. The Kier molecular flexibility index (Phi) is 8.18. The molecule has 1 aliphatic carbocycles. The predicted molar refractivity (Wildman–Crippen MR) is 178 cm³/mol. The zero-order chi connectivity index (χ0) is 29.1. The van der Waals surface area contributed by atoms with E-state index >= 15 is 0 Å². The Labute approximate surface area is 245 Å². The second-order valence-corrected chi connectivity index (χ2v) is 11.2. The molecule has 5 heteroatoms. The summed E-state index contributed by atoms with van der Waals surface area (Å²) >= 11 is 0. The first kappa shape index (κ1) is 28.4. The lowest BCUT2D eigenvalue weighted by Crippen LogP contribution is -2.47. The van der Waals surface area contributed by atoms with E-state index in [-0.39, 0.29) is 5.66 Å². The van der Waals surface area contributed by atoms with Crippen LogP contribution < -0.4 is 16.0 Å². The fraction of sp³-hybridized carbons (Fsp3) is 0.306. The summed E-state index contributed by atoms with van der Waals surface area (Å²) in [5.41, 5.74) is 10.2.